The van der Waals surface area contributed by atoms with E-state index in [0.717, 1.165) is 20.1 Å². The van der Waals surface area contributed by atoms with Crippen molar-refractivity contribution in [3.63, 3.8) is 0 Å². The molecule has 2 aromatic rings. The first-order chi connectivity index (χ1) is 8.00. The molecule has 0 spiro atoms. The molecule has 0 N–H and O–H groups in total. The van der Waals surface area contributed by atoms with E-state index in [0.29, 0.717) is 6.42 Å². The minimum Gasteiger partial charge on any atom is -0.240 e. The summed E-state index contributed by atoms with van der Waals surface area (Å²) >= 11 is 6.74. The lowest BCUT2D eigenvalue weighted by Gasteiger charge is -2.11. The largest absolute Gasteiger partial charge is 0.240 e. The van der Waals surface area contributed by atoms with Crippen LogP contribution < -0.4 is 0 Å². The highest BCUT2D eigenvalue weighted by molar-refractivity contribution is 9.10. The van der Waals surface area contributed by atoms with Crippen LogP contribution in [0.4, 0.5) is 0 Å². The highest BCUT2D eigenvalue weighted by Crippen LogP contribution is 2.32. The first kappa shape index (κ1) is 12.7. The molecular weight excluding hydrogens is 316 g/mol. The molecule has 0 fully saturated rings. The molecule has 2 rings (SSSR count). The van der Waals surface area contributed by atoms with E-state index in [1.165, 1.54) is 0 Å². The van der Waals surface area contributed by atoms with Gasteiger partial charge in [-0.25, -0.2) is 4.98 Å². The first-order valence-corrected chi connectivity index (χ1v) is 7.65. The van der Waals surface area contributed by atoms with Crippen LogP contribution >= 0.6 is 38.6 Å². The average molecular weight is 327 g/mol. The number of rotatable bonds is 3. The Balaban J connectivity index is 2.20. The van der Waals surface area contributed by atoms with Crippen molar-refractivity contribution < 1.29 is 0 Å². The minimum absolute atomic E-state index is 0.342. The maximum absolute atomic E-state index is 9.01. The maximum atomic E-state index is 9.01. The van der Waals surface area contributed by atoms with Crippen molar-refractivity contribution in [2.75, 3.05) is 0 Å². The molecular formula is C12H11BrN2S2. The van der Waals surface area contributed by atoms with Crippen LogP contribution in [0.5, 0.6) is 0 Å². The fraction of sp³-hybridized carbons (Fsp3) is 0.333. The molecule has 0 saturated heterocycles. The van der Waals surface area contributed by atoms with Crippen molar-refractivity contribution >= 4 is 38.6 Å². The third-order valence-electron chi connectivity index (χ3n) is 2.27. The Bertz CT molecular complexity index is 563. The first-order valence-electron chi connectivity index (χ1n) is 5.10. The molecule has 88 valence electrons. The second-order valence-corrected chi connectivity index (χ2v) is 7.20. The number of thiazole rings is 1. The second-order valence-electron chi connectivity index (χ2n) is 4.43. The predicted molar refractivity (Wildman–Crippen MR) is 76.2 cm³/mol. The van der Waals surface area contributed by atoms with Gasteiger partial charge in [0.1, 0.15) is 0 Å². The monoisotopic (exact) mass is 326 g/mol. The number of halogens is 1. The Labute approximate surface area is 117 Å². The normalized spacial score (nSPS) is 11.4. The number of hydrogen-bond donors (Lipinski definition) is 0. The summed E-state index contributed by atoms with van der Waals surface area (Å²) in [5.41, 5.74) is 0.667. The van der Waals surface area contributed by atoms with Crippen LogP contribution in [0.2, 0.25) is 0 Å². The minimum atomic E-state index is -0.342. The van der Waals surface area contributed by atoms with Crippen LogP contribution in [0.25, 0.3) is 10.6 Å². The Morgan fingerprint density at radius 1 is 1.41 bits per heavy atom. The topological polar surface area (TPSA) is 36.7 Å². The van der Waals surface area contributed by atoms with Gasteiger partial charge < -0.3 is 0 Å². The third-order valence-corrected chi connectivity index (χ3v) is 4.83. The molecule has 0 saturated carbocycles. The molecule has 0 aliphatic rings. The van der Waals surface area contributed by atoms with Gasteiger partial charge in [-0.3, -0.25) is 0 Å². The van der Waals surface area contributed by atoms with Crippen molar-refractivity contribution in [2.45, 2.75) is 20.3 Å². The highest BCUT2D eigenvalue weighted by Gasteiger charge is 2.19. The number of hydrogen-bond acceptors (Lipinski definition) is 4. The van der Waals surface area contributed by atoms with E-state index in [-0.39, 0.29) is 5.41 Å². The molecule has 0 aromatic carbocycles. The number of aromatic nitrogens is 1. The summed E-state index contributed by atoms with van der Waals surface area (Å²) in [7, 11) is 0. The van der Waals surface area contributed by atoms with E-state index in [2.05, 4.69) is 38.4 Å². The van der Waals surface area contributed by atoms with E-state index in [1.54, 1.807) is 22.7 Å². The maximum Gasteiger partial charge on any atom is 0.0948 e. The summed E-state index contributed by atoms with van der Waals surface area (Å²) in [5.74, 6) is 0. The van der Waals surface area contributed by atoms with Crippen LogP contribution in [0, 0.1) is 16.7 Å². The van der Waals surface area contributed by atoms with Crippen LogP contribution in [-0.2, 0) is 6.42 Å². The average Bonchev–Trinajstić information content (AvgIpc) is 2.86. The molecule has 5 heteroatoms. The smallest absolute Gasteiger partial charge is 0.0948 e. The summed E-state index contributed by atoms with van der Waals surface area (Å²) in [4.78, 5) is 5.75. The molecule has 0 aliphatic heterocycles. The highest BCUT2D eigenvalue weighted by atomic mass is 79.9. The van der Waals surface area contributed by atoms with E-state index < -0.39 is 0 Å². The standard InChI is InChI=1S/C12H11BrN2S2/c1-12(2,7-14)4-11-15-9(6-17-11)10-3-8(13)5-16-10/h3,5-6H,4H2,1-2H3. The zero-order valence-electron chi connectivity index (χ0n) is 9.53. The van der Waals surface area contributed by atoms with E-state index >= 15 is 0 Å². The van der Waals surface area contributed by atoms with Gasteiger partial charge in [0.2, 0.25) is 0 Å². The van der Waals surface area contributed by atoms with Gasteiger partial charge >= 0.3 is 0 Å². The lowest BCUT2D eigenvalue weighted by Crippen LogP contribution is -2.11. The molecule has 0 amide bonds. The van der Waals surface area contributed by atoms with Crippen molar-refractivity contribution in [1.82, 2.24) is 4.98 Å². The van der Waals surface area contributed by atoms with Gasteiger partial charge in [0.15, 0.2) is 0 Å². The lowest BCUT2D eigenvalue weighted by molar-refractivity contribution is 0.492. The summed E-state index contributed by atoms with van der Waals surface area (Å²) in [6, 6.07) is 4.37. The zero-order chi connectivity index (χ0) is 12.5. The second kappa shape index (κ2) is 4.89. The van der Waals surface area contributed by atoms with Crippen LogP contribution in [-0.4, -0.2) is 4.98 Å². The quantitative estimate of drug-likeness (QED) is 0.817. The molecule has 0 aliphatic carbocycles. The molecule has 0 atom stereocenters. The number of thiophene rings is 1. The van der Waals surface area contributed by atoms with Crippen LogP contribution in [0.1, 0.15) is 18.9 Å². The molecule has 2 nitrogen and oxygen atoms in total. The fourth-order valence-electron chi connectivity index (χ4n) is 1.37. The predicted octanol–water partition coefficient (Wildman–Crippen LogP) is 4.73. The molecule has 0 bridgehead atoms. The summed E-state index contributed by atoms with van der Waals surface area (Å²) in [5, 5.41) is 14.1. The van der Waals surface area contributed by atoms with Gasteiger partial charge in [0, 0.05) is 21.7 Å². The Morgan fingerprint density at radius 2 is 2.18 bits per heavy atom. The molecule has 0 unspecified atom stereocenters. The summed E-state index contributed by atoms with van der Waals surface area (Å²) in [6.45, 7) is 3.88. The van der Waals surface area contributed by atoms with Gasteiger partial charge in [-0.1, -0.05) is 0 Å². The van der Waals surface area contributed by atoms with Gasteiger partial charge in [-0.2, -0.15) is 5.26 Å². The number of nitrogens with zero attached hydrogens (tertiary/aromatic N) is 2. The van der Waals surface area contributed by atoms with Crippen LogP contribution in [0.3, 0.4) is 0 Å². The van der Waals surface area contributed by atoms with Gasteiger partial charge in [0.05, 0.1) is 27.1 Å². The number of nitriles is 1. The Kier molecular flexibility index (Phi) is 3.67. The van der Waals surface area contributed by atoms with E-state index in [9.17, 15) is 0 Å². The SMILES string of the molecule is CC(C)(C#N)Cc1nc(-c2cc(Br)cs2)cs1. The summed E-state index contributed by atoms with van der Waals surface area (Å²) in [6.07, 6.45) is 0.709. The fourth-order valence-corrected chi connectivity index (χ4v) is 3.86. The lowest BCUT2D eigenvalue weighted by atomic mass is 9.92. The van der Waals surface area contributed by atoms with Crippen molar-refractivity contribution in [1.29, 1.82) is 5.26 Å². The molecule has 2 heterocycles. The zero-order valence-corrected chi connectivity index (χ0v) is 12.7. The van der Waals surface area contributed by atoms with Gasteiger partial charge in [-0.15, -0.1) is 22.7 Å². The van der Waals surface area contributed by atoms with Crippen LogP contribution in [0.15, 0.2) is 21.3 Å². The molecule has 2 aromatic heterocycles. The molecule has 17 heavy (non-hydrogen) atoms. The van der Waals surface area contributed by atoms with Gasteiger partial charge in [0.25, 0.3) is 0 Å². The molecule has 0 radical (unpaired) electrons. The summed E-state index contributed by atoms with van der Waals surface area (Å²) < 4.78 is 1.09. The third kappa shape index (κ3) is 3.15. The van der Waals surface area contributed by atoms with Crippen molar-refractivity contribution in [3.05, 3.63) is 26.3 Å². The van der Waals surface area contributed by atoms with Gasteiger partial charge in [-0.05, 0) is 35.8 Å². The van der Waals surface area contributed by atoms with E-state index in [1.807, 2.05) is 19.2 Å². The van der Waals surface area contributed by atoms with Crippen molar-refractivity contribution in [2.24, 2.45) is 5.41 Å². The Morgan fingerprint density at radius 3 is 2.76 bits per heavy atom. The van der Waals surface area contributed by atoms with E-state index in [4.69, 9.17) is 5.26 Å². The van der Waals surface area contributed by atoms with Crippen molar-refractivity contribution in [3.8, 4) is 16.6 Å². The Hall–Kier alpha value is -0.700.